The molecule has 0 bridgehead atoms. The third-order valence-electron chi connectivity index (χ3n) is 2.53. The number of nitrogens with zero attached hydrogens (tertiary/aromatic N) is 1. The molecular formula is C13H20N2O5. The Bertz CT molecular complexity index is 375. The molecule has 0 aliphatic heterocycles. The van der Waals surface area contributed by atoms with Crippen molar-refractivity contribution < 1.29 is 24.2 Å². The maximum atomic E-state index is 11.5. The van der Waals surface area contributed by atoms with E-state index >= 15 is 0 Å². The monoisotopic (exact) mass is 284 g/mol. The summed E-state index contributed by atoms with van der Waals surface area (Å²) in [6, 6.07) is 0.987. The fourth-order valence-corrected chi connectivity index (χ4v) is 1.53. The van der Waals surface area contributed by atoms with Crippen molar-refractivity contribution in [2.24, 2.45) is 0 Å². The number of nitriles is 1. The molecule has 1 amide bonds. The maximum Gasteiger partial charge on any atom is 0.326 e. The second kappa shape index (κ2) is 10.8. The number of carboxylic acids is 1. The van der Waals surface area contributed by atoms with E-state index in [9.17, 15) is 14.4 Å². The number of aliphatic carboxylic acids is 1. The number of amides is 1. The lowest BCUT2D eigenvalue weighted by molar-refractivity contribution is -0.145. The standard InChI is InChI=1S/C13H20N2O5/c1-2-20-12(17)8-7-11(16)15-10(13(18)19)6-4-3-5-9-14/h10H,2-8H2,1H3,(H,15,16)(H,18,19)/t10-/m1/s1. The van der Waals surface area contributed by atoms with Gasteiger partial charge in [0.15, 0.2) is 0 Å². The van der Waals surface area contributed by atoms with Crippen molar-refractivity contribution in [1.29, 1.82) is 5.26 Å². The second-order valence-electron chi connectivity index (χ2n) is 4.17. The van der Waals surface area contributed by atoms with E-state index in [1.807, 2.05) is 6.07 Å². The molecule has 0 fully saturated rings. The number of carbonyl (C=O) groups is 3. The number of hydrogen-bond acceptors (Lipinski definition) is 5. The van der Waals surface area contributed by atoms with Crippen molar-refractivity contribution in [3.63, 3.8) is 0 Å². The first-order valence-electron chi connectivity index (χ1n) is 6.56. The zero-order valence-electron chi connectivity index (χ0n) is 11.6. The fourth-order valence-electron chi connectivity index (χ4n) is 1.53. The number of nitrogens with one attached hydrogen (secondary N) is 1. The van der Waals surface area contributed by atoms with Gasteiger partial charge in [-0.25, -0.2) is 4.79 Å². The van der Waals surface area contributed by atoms with Gasteiger partial charge in [0.1, 0.15) is 6.04 Å². The molecule has 0 aromatic heterocycles. The highest BCUT2D eigenvalue weighted by Crippen LogP contribution is 2.04. The summed E-state index contributed by atoms with van der Waals surface area (Å²) in [4.78, 5) is 33.6. The molecule has 2 N–H and O–H groups in total. The van der Waals surface area contributed by atoms with Crippen LogP contribution in [0.1, 0.15) is 45.4 Å². The minimum atomic E-state index is -1.12. The molecule has 0 unspecified atom stereocenters. The smallest absolute Gasteiger partial charge is 0.326 e. The molecule has 0 saturated carbocycles. The molecule has 7 heteroatoms. The van der Waals surface area contributed by atoms with Crippen molar-refractivity contribution in [1.82, 2.24) is 5.32 Å². The van der Waals surface area contributed by atoms with Gasteiger partial charge in [0.05, 0.1) is 19.1 Å². The average molecular weight is 284 g/mol. The molecule has 7 nitrogen and oxygen atoms in total. The summed E-state index contributed by atoms with van der Waals surface area (Å²) in [5.41, 5.74) is 0. The van der Waals surface area contributed by atoms with Gasteiger partial charge in [-0.1, -0.05) is 0 Å². The molecule has 0 radical (unpaired) electrons. The minimum absolute atomic E-state index is 0.0690. The number of rotatable bonds is 10. The van der Waals surface area contributed by atoms with Crippen molar-refractivity contribution in [2.45, 2.75) is 51.5 Å². The lowest BCUT2D eigenvalue weighted by Crippen LogP contribution is -2.40. The van der Waals surface area contributed by atoms with Gasteiger partial charge in [-0.05, 0) is 26.2 Å². The van der Waals surface area contributed by atoms with Gasteiger partial charge in [0.25, 0.3) is 0 Å². The third-order valence-corrected chi connectivity index (χ3v) is 2.53. The number of carboxylic acid groups (broad SMARTS) is 1. The van der Waals surface area contributed by atoms with Gasteiger partial charge in [-0.3, -0.25) is 9.59 Å². The molecular weight excluding hydrogens is 264 g/mol. The van der Waals surface area contributed by atoms with E-state index < -0.39 is 23.9 Å². The summed E-state index contributed by atoms with van der Waals surface area (Å²) in [6.45, 7) is 1.91. The Labute approximate surface area is 117 Å². The van der Waals surface area contributed by atoms with Crippen LogP contribution < -0.4 is 5.32 Å². The predicted octanol–water partition coefficient (Wildman–Crippen LogP) is 0.983. The van der Waals surface area contributed by atoms with Crippen molar-refractivity contribution in [3.8, 4) is 6.07 Å². The van der Waals surface area contributed by atoms with Crippen LogP contribution in [0.25, 0.3) is 0 Å². The summed E-state index contributed by atoms with van der Waals surface area (Å²) >= 11 is 0. The Kier molecular flexibility index (Phi) is 9.66. The Morgan fingerprint density at radius 3 is 2.55 bits per heavy atom. The van der Waals surface area contributed by atoms with E-state index in [2.05, 4.69) is 10.1 Å². The summed E-state index contributed by atoms with van der Waals surface area (Å²) < 4.78 is 4.67. The lowest BCUT2D eigenvalue weighted by atomic mass is 10.1. The zero-order chi connectivity index (χ0) is 15.4. The van der Waals surface area contributed by atoms with E-state index in [4.69, 9.17) is 10.4 Å². The summed E-state index contributed by atoms with van der Waals surface area (Å²) in [7, 11) is 0. The molecule has 0 aromatic rings. The largest absolute Gasteiger partial charge is 0.480 e. The molecule has 0 rings (SSSR count). The van der Waals surface area contributed by atoms with Crippen LogP contribution in [0.2, 0.25) is 0 Å². The van der Waals surface area contributed by atoms with Gasteiger partial charge in [0, 0.05) is 12.8 Å². The fraction of sp³-hybridized carbons (Fsp3) is 0.692. The molecule has 0 heterocycles. The van der Waals surface area contributed by atoms with Crippen LogP contribution in [0, 0.1) is 11.3 Å². The number of ether oxygens (including phenoxy) is 1. The Hall–Kier alpha value is -2.10. The highest BCUT2D eigenvalue weighted by atomic mass is 16.5. The first-order valence-corrected chi connectivity index (χ1v) is 6.56. The van der Waals surface area contributed by atoms with Gasteiger partial charge in [0.2, 0.25) is 5.91 Å². The molecule has 0 saturated heterocycles. The van der Waals surface area contributed by atoms with Gasteiger partial charge in [-0.15, -0.1) is 0 Å². The zero-order valence-corrected chi connectivity index (χ0v) is 11.6. The molecule has 0 aliphatic rings. The van der Waals surface area contributed by atoms with Crippen LogP contribution in [0.5, 0.6) is 0 Å². The van der Waals surface area contributed by atoms with E-state index in [0.29, 0.717) is 19.3 Å². The van der Waals surface area contributed by atoms with E-state index in [-0.39, 0.29) is 25.9 Å². The van der Waals surface area contributed by atoms with Gasteiger partial charge < -0.3 is 15.2 Å². The molecule has 0 aromatic carbocycles. The summed E-state index contributed by atoms with van der Waals surface area (Å²) in [6.07, 6.45) is 1.61. The quantitative estimate of drug-likeness (QED) is 0.456. The second-order valence-corrected chi connectivity index (χ2v) is 4.17. The van der Waals surface area contributed by atoms with Gasteiger partial charge >= 0.3 is 11.9 Å². The van der Waals surface area contributed by atoms with Crippen molar-refractivity contribution in [3.05, 3.63) is 0 Å². The number of carbonyl (C=O) groups excluding carboxylic acids is 2. The minimum Gasteiger partial charge on any atom is -0.480 e. The van der Waals surface area contributed by atoms with Gasteiger partial charge in [-0.2, -0.15) is 5.26 Å². The van der Waals surface area contributed by atoms with Crippen LogP contribution in [0.3, 0.4) is 0 Å². The molecule has 0 aliphatic carbocycles. The molecule has 112 valence electrons. The van der Waals surface area contributed by atoms with Crippen LogP contribution >= 0.6 is 0 Å². The molecule has 0 spiro atoms. The molecule has 1 atom stereocenters. The van der Waals surface area contributed by atoms with E-state index in [1.165, 1.54) is 0 Å². The lowest BCUT2D eigenvalue weighted by Gasteiger charge is -2.13. The van der Waals surface area contributed by atoms with Crippen molar-refractivity contribution in [2.75, 3.05) is 6.61 Å². The Balaban J connectivity index is 4.05. The highest BCUT2D eigenvalue weighted by molar-refractivity contribution is 5.85. The number of hydrogen-bond donors (Lipinski definition) is 2. The first-order chi connectivity index (χ1) is 9.51. The van der Waals surface area contributed by atoms with Crippen LogP contribution in [0.4, 0.5) is 0 Å². The Morgan fingerprint density at radius 1 is 1.30 bits per heavy atom. The third kappa shape index (κ3) is 8.91. The highest BCUT2D eigenvalue weighted by Gasteiger charge is 2.19. The normalized spacial score (nSPS) is 11.2. The van der Waals surface area contributed by atoms with Crippen LogP contribution in [0.15, 0.2) is 0 Å². The van der Waals surface area contributed by atoms with Crippen LogP contribution in [-0.2, 0) is 19.1 Å². The molecule has 20 heavy (non-hydrogen) atoms. The number of unbranched alkanes of at least 4 members (excludes halogenated alkanes) is 2. The average Bonchev–Trinajstić information content (AvgIpc) is 2.40. The first kappa shape index (κ1) is 17.9. The Morgan fingerprint density at radius 2 is 2.00 bits per heavy atom. The van der Waals surface area contributed by atoms with E-state index in [0.717, 1.165) is 0 Å². The van der Waals surface area contributed by atoms with E-state index in [1.54, 1.807) is 6.92 Å². The predicted molar refractivity (Wildman–Crippen MR) is 69.5 cm³/mol. The topological polar surface area (TPSA) is 116 Å². The number of esters is 1. The maximum absolute atomic E-state index is 11.5. The summed E-state index contributed by atoms with van der Waals surface area (Å²) in [5.74, 6) is -2.10. The van der Waals surface area contributed by atoms with Crippen LogP contribution in [-0.4, -0.2) is 35.6 Å². The van der Waals surface area contributed by atoms with Crippen molar-refractivity contribution >= 4 is 17.8 Å². The SMILES string of the molecule is CCOC(=O)CCC(=O)N[C@H](CCCCC#N)C(=O)O. The summed E-state index contributed by atoms with van der Waals surface area (Å²) in [5, 5.41) is 19.7.